The number of carbonyl (C=O) groups excluding carboxylic acids is 1. The molecule has 1 aliphatic rings. The summed E-state index contributed by atoms with van der Waals surface area (Å²) in [4.78, 5) is 15.1. The number of likely N-dealkylation sites (tertiary alicyclic amines) is 1. The van der Waals surface area contributed by atoms with Gasteiger partial charge in [0.25, 0.3) is 0 Å². The summed E-state index contributed by atoms with van der Waals surface area (Å²) in [6, 6.07) is 1.96. The van der Waals surface area contributed by atoms with Crippen molar-refractivity contribution in [3.05, 3.63) is 0 Å². The van der Waals surface area contributed by atoms with Crippen molar-refractivity contribution in [1.29, 1.82) is 5.26 Å². The van der Waals surface area contributed by atoms with Crippen molar-refractivity contribution < 1.29 is 4.79 Å². The van der Waals surface area contributed by atoms with Crippen LogP contribution < -0.4 is 0 Å². The number of hydrogen-bond acceptors (Lipinski definition) is 2. The average molecular weight is 195 g/mol. The Kier molecular flexibility index (Phi) is 3.75. The lowest BCUT2D eigenvalue weighted by atomic mass is 10.0. The number of rotatable bonds is 1. The lowest BCUT2D eigenvalue weighted by Crippen LogP contribution is -2.48. The molecule has 0 aliphatic carbocycles. The monoisotopic (exact) mass is 195 g/mol. The van der Waals surface area contributed by atoms with Crippen LogP contribution in [0.1, 0.15) is 26.2 Å². The number of hydrogen-bond donors (Lipinski definition) is 0. The molecule has 0 radical (unpaired) electrons. The SMILES string of the molecule is CCN(C)C(=O)N1CCCCC1C#N. The largest absolute Gasteiger partial charge is 0.328 e. The molecule has 1 unspecified atom stereocenters. The van der Waals surface area contributed by atoms with E-state index in [0.717, 1.165) is 25.8 Å². The molecule has 14 heavy (non-hydrogen) atoms. The molecular formula is C10H17N3O. The van der Waals surface area contributed by atoms with Crippen LogP contribution in [0.3, 0.4) is 0 Å². The van der Waals surface area contributed by atoms with Crippen LogP contribution in [0.5, 0.6) is 0 Å². The number of nitrogens with zero attached hydrogens (tertiary/aromatic N) is 3. The molecule has 1 saturated heterocycles. The molecule has 0 N–H and O–H groups in total. The van der Waals surface area contributed by atoms with Crippen LogP contribution in [-0.2, 0) is 0 Å². The molecule has 4 nitrogen and oxygen atoms in total. The van der Waals surface area contributed by atoms with Gasteiger partial charge < -0.3 is 9.80 Å². The Balaban J connectivity index is 2.64. The topological polar surface area (TPSA) is 47.3 Å². The fourth-order valence-corrected chi connectivity index (χ4v) is 1.65. The molecule has 0 aromatic carbocycles. The minimum Gasteiger partial charge on any atom is -0.328 e. The summed E-state index contributed by atoms with van der Waals surface area (Å²) in [5.41, 5.74) is 0. The van der Waals surface area contributed by atoms with Crippen molar-refractivity contribution in [1.82, 2.24) is 9.80 Å². The molecule has 1 heterocycles. The summed E-state index contributed by atoms with van der Waals surface area (Å²) >= 11 is 0. The van der Waals surface area contributed by atoms with E-state index in [1.807, 2.05) is 6.92 Å². The van der Waals surface area contributed by atoms with Crippen LogP contribution in [0.15, 0.2) is 0 Å². The molecule has 2 amide bonds. The fourth-order valence-electron chi connectivity index (χ4n) is 1.65. The maximum absolute atomic E-state index is 11.8. The maximum Gasteiger partial charge on any atom is 0.320 e. The molecule has 1 aliphatic heterocycles. The van der Waals surface area contributed by atoms with E-state index in [1.165, 1.54) is 0 Å². The number of nitriles is 1. The van der Waals surface area contributed by atoms with E-state index < -0.39 is 0 Å². The zero-order chi connectivity index (χ0) is 10.6. The molecule has 1 atom stereocenters. The van der Waals surface area contributed by atoms with Gasteiger partial charge >= 0.3 is 6.03 Å². The highest BCUT2D eigenvalue weighted by Crippen LogP contribution is 2.17. The Morgan fingerprint density at radius 2 is 2.36 bits per heavy atom. The smallest absolute Gasteiger partial charge is 0.320 e. The second-order valence-corrected chi connectivity index (χ2v) is 3.63. The predicted molar refractivity (Wildman–Crippen MR) is 53.7 cm³/mol. The zero-order valence-corrected chi connectivity index (χ0v) is 8.86. The first-order valence-electron chi connectivity index (χ1n) is 5.12. The highest BCUT2D eigenvalue weighted by atomic mass is 16.2. The highest BCUT2D eigenvalue weighted by Gasteiger charge is 2.27. The molecular weight excluding hydrogens is 178 g/mol. The Labute approximate surface area is 85.1 Å². The third kappa shape index (κ3) is 2.16. The van der Waals surface area contributed by atoms with Crippen molar-refractivity contribution in [2.45, 2.75) is 32.2 Å². The van der Waals surface area contributed by atoms with E-state index in [9.17, 15) is 4.79 Å². The van der Waals surface area contributed by atoms with Crippen LogP contribution in [0, 0.1) is 11.3 Å². The maximum atomic E-state index is 11.8. The van der Waals surface area contributed by atoms with E-state index >= 15 is 0 Å². The fraction of sp³-hybridized carbons (Fsp3) is 0.800. The summed E-state index contributed by atoms with van der Waals surface area (Å²) < 4.78 is 0. The third-order valence-electron chi connectivity index (χ3n) is 2.70. The normalized spacial score (nSPS) is 21.5. The molecule has 0 aromatic heterocycles. The van der Waals surface area contributed by atoms with Gasteiger partial charge in [-0.1, -0.05) is 0 Å². The summed E-state index contributed by atoms with van der Waals surface area (Å²) in [5.74, 6) is 0. The number of urea groups is 1. The van der Waals surface area contributed by atoms with Crippen molar-refractivity contribution >= 4 is 6.03 Å². The van der Waals surface area contributed by atoms with Crippen LogP contribution in [0.2, 0.25) is 0 Å². The molecule has 1 fully saturated rings. The first-order valence-corrected chi connectivity index (χ1v) is 5.12. The van der Waals surface area contributed by atoms with Gasteiger partial charge in [0.1, 0.15) is 6.04 Å². The predicted octanol–water partition coefficient (Wildman–Crippen LogP) is 1.44. The Morgan fingerprint density at radius 1 is 1.64 bits per heavy atom. The number of carbonyl (C=O) groups is 1. The number of piperidine rings is 1. The highest BCUT2D eigenvalue weighted by molar-refractivity contribution is 5.75. The summed E-state index contributed by atoms with van der Waals surface area (Å²) in [5, 5.41) is 8.90. The number of amides is 2. The Bertz CT molecular complexity index is 246. The second kappa shape index (κ2) is 4.85. The quantitative estimate of drug-likeness (QED) is 0.635. The summed E-state index contributed by atoms with van der Waals surface area (Å²) in [7, 11) is 1.77. The minimum absolute atomic E-state index is 0.0150. The molecule has 0 aromatic rings. The first-order chi connectivity index (χ1) is 6.70. The van der Waals surface area contributed by atoms with Crippen LogP contribution >= 0.6 is 0 Å². The van der Waals surface area contributed by atoms with E-state index in [1.54, 1.807) is 16.8 Å². The van der Waals surface area contributed by atoms with E-state index in [0.29, 0.717) is 6.54 Å². The van der Waals surface area contributed by atoms with Gasteiger partial charge in [-0.05, 0) is 26.2 Å². The van der Waals surface area contributed by atoms with Gasteiger partial charge in [0.2, 0.25) is 0 Å². The average Bonchev–Trinajstić information content (AvgIpc) is 2.26. The van der Waals surface area contributed by atoms with Gasteiger partial charge in [-0.15, -0.1) is 0 Å². The second-order valence-electron chi connectivity index (χ2n) is 3.63. The Morgan fingerprint density at radius 3 is 2.93 bits per heavy atom. The molecule has 0 bridgehead atoms. The van der Waals surface area contributed by atoms with Crippen molar-refractivity contribution in [3.8, 4) is 6.07 Å². The lowest BCUT2D eigenvalue weighted by molar-refractivity contribution is 0.140. The zero-order valence-electron chi connectivity index (χ0n) is 8.86. The molecule has 1 rings (SSSR count). The van der Waals surface area contributed by atoms with Gasteiger partial charge in [-0.2, -0.15) is 5.26 Å². The molecule has 0 spiro atoms. The van der Waals surface area contributed by atoms with Gasteiger partial charge in [0.05, 0.1) is 6.07 Å². The first kappa shape index (κ1) is 10.8. The van der Waals surface area contributed by atoms with Gasteiger partial charge in [-0.3, -0.25) is 0 Å². The van der Waals surface area contributed by atoms with Crippen LogP contribution in [-0.4, -0.2) is 42.0 Å². The van der Waals surface area contributed by atoms with Gasteiger partial charge in [0.15, 0.2) is 0 Å². The van der Waals surface area contributed by atoms with Crippen molar-refractivity contribution in [2.75, 3.05) is 20.1 Å². The Hall–Kier alpha value is -1.24. The van der Waals surface area contributed by atoms with E-state index in [4.69, 9.17) is 5.26 Å². The van der Waals surface area contributed by atoms with Crippen LogP contribution in [0.25, 0.3) is 0 Å². The molecule has 0 saturated carbocycles. The van der Waals surface area contributed by atoms with Crippen molar-refractivity contribution in [3.63, 3.8) is 0 Å². The van der Waals surface area contributed by atoms with Gasteiger partial charge in [-0.25, -0.2) is 4.79 Å². The van der Waals surface area contributed by atoms with E-state index in [-0.39, 0.29) is 12.1 Å². The van der Waals surface area contributed by atoms with E-state index in [2.05, 4.69) is 6.07 Å². The minimum atomic E-state index is -0.217. The standard InChI is InChI=1S/C10H17N3O/c1-3-12(2)10(14)13-7-5-4-6-9(13)8-11/h9H,3-7H2,1-2H3. The third-order valence-corrected chi connectivity index (χ3v) is 2.70. The molecule has 4 heteroatoms. The lowest BCUT2D eigenvalue weighted by Gasteiger charge is -2.34. The van der Waals surface area contributed by atoms with Crippen molar-refractivity contribution in [2.24, 2.45) is 0 Å². The summed E-state index contributed by atoms with van der Waals surface area (Å²) in [6.45, 7) is 3.35. The molecule has 78 valence electrons. The van der Waals surface area contributed by atoms with Crippen LogP contribution in [0.4, 0.5) is 4.79 Å². The van der Waals surface area contributed by atoms with Gasteiger partial charge in [0, 0.05) is 20.1 Å². The summed E-state index contributed by atoms with van der Waals surface area (Å²) in [6.07, 6.45) is 2.89.